The molecule has 0 saturated heterocycles. The Labute approximate surface area is 236 Å². The van der Waals surface area contributed by atoms with Crippen molar-refractivity contribution in [3.63, 3.8) is 0 Å². The van der Waals surface area contributed by atoms with Crippen molar-refractivity contribution in [2.24, 2.45) is 11.3 Å². The van der Waals surface area contributed by atoms with Gasteiger partial charge in [-0.25, -0.2) is 0 Å². The van der Waals surface area contributed by atoms with E-state index in [1.165, 1.54) is 6.92 Å². The van der Waals surface area contributed by atoms with Crippen molar-refractivity contribution in [1.82, 2.24) is 0 Å². The number of phenols is 3. The number of benzene rings is 1. The zero-order chi connectivity index (χ0) is 30.7. The van der Waals surface area contributed by atoms with E-state index in [1.54, 1.807) is 32.9 Å². The lowest BCUT2D eigenvalue weighted by Gasteiger charge is -2.34. The fraction of sp³-hybridized carbons (Fsp3) is 0.469. The van der Waals surface area contributed by atoms with E-state index in [1.807, 2.05) is 27.7 Å². The van der Waals surface area contributed by atoms with Gasteiger partial charge in [0.05, 0.1) is 5.41 Å². The van der Waals surface area contributed by atoms with Gasteiger partial charge in [0.25, 0.3) is 0 Å². The summed E-state index contributed by atoms with van der Waals surface area (Å²) in [4.78, 5) is 39.6. The van der Waals surface area contributed by atoms with E-state index < -0.39 is 69.4 Å². The molecular weight excluding hydrogens is 512 g/mol. The SMILES string of the molecule is CCCC(=O)c1c(O)c(CC=C(C)C)c(O)c(CC2=C(O)C(C)(CC=C(C)C)C(=O)C(C(=O)C(C)C)=C2O)c1O. The van der Waals surface area contributed by atoms with Crippen LogP contribution < -0.4 is 0 Å². The molecule has 0 bridgehead atoms. The molecule has 1 aliphatic carbocycles. The van der Waals surface area contributed by atoms with Crippen LogP contribution in [0.1, 0.15) is 96.1 Å². The second-order valence-electron chi connectivity index (χ2n) is 11.4. The highest BCUT2D eigenvalue weighted by Crippen LogP contribution is 2.48. The molecule has 40 heavy (non-hydrogen) atoms. The molecule has 1 aromatic rings. The third-order valence-electron chi connectivity index (χ3n) is 7.19. The predicted octanol–water partition coefficient (Wildman–Crippen LogP) is 6.63. The normalized spacial score (nSPS) is 17.4. The molecule has 8 heteroatoms. The summed E-state index contributed by atoms with van der Waals surface area (Å²) in [6.45, 7) is 13.7. The van der Waals surface area contributed by atoms with Gasteiger partial charge in [0.1, 0.15) is 39.9 Å². The molecule has 1 aromatic carbocycles. The highest BCUT2D eigenvalue weighted by molar-refractivity contribution is 6.24. The maximum absolute atomic E-state index is 13.6. The Balaban J connectivity index is 2.95. The molecule has 0 radical (unpaired) electrons. The first-order valence-electron chi connectivity index (χ1n) is 13.5. The standard InChI is InChI=1S/C32H42O8/c1-9-10-22(33)23-27(36)19(12-11-16(2)3)26(35)20(28(23)37)15-21-29(38)24(25(34)18(6)7)31(40)32(8,30(21)39)14-13-17(4)5/h11,13,18,35-39H,9-10,12,14-15H2,1-8H3. The van der Waals surface area contributed by atoms with Crippen molar-refractivity contribution in [3.8, 4) is 17.2 Å². The van der Waals surface area contributed by atoms with Crippen LogP contribution in [0.5, 0.6) is 17.2 Å². The number of ketones is 3. The van der Waals surface area contributed by atoms with E-state index in [9.17, 15) is 39.9 Å². The first-order chi connectivity index (χ1) is 18.5. The zero-order valence-electron chi connectivity index (χ0n) is 24.7. The summed E-state index contributed by atoms with van der Waals surface area (Å²) in [6.07, 6.45) is 3.49. The lowest BCUT2D eigenvalue weighted by Crippen LogP contribution is -2.39. The number of hydrogen-bond donors (Lipinski definition) is 5. The Hall–Kier alpha value is -3.81. The van der Waals surface area contributed by atoms with Gasteiger partial charge in [0.15, 0.2) is 17.3 Å². The number of hydrogen-bond acceptors (Lipinski definition) is 8. The molecular formula is C32H42O8. The molecule has 8 nitrogen and oxygen atoms in total. The van der Waals surface area contributed by atoms with E-state index in [0.717, 1.165) is 11.1 Å². The molecule has 0 aromatic heterocycles. The predicted molar refractivity (Wildman–Crippen MR) is 154 cm³/mol. The van der Waals surface area contributed by atoms with Crippen molar-refractivity contribution in [1.29, 1.82) is 0 Å². The van der Waals surface area contributed by atoms with Gasteiger partial charge in [-0.15, -0.1) is 0 Å². The van der Waals surface area contributed by atoms with Gasteiger partial charge in [-0.3, -0.25) is 14.4 Å². The summed E-state index contributed by atoms with van der Waals surface area (Å²) in [5.74, 6) is -5.53. The highest BCUT2D eigenvalue weighted by Gasteiger charge is 2.48. The fourth-order valence-electron chi connectivity index (χ4n) is 4.65. The average molecular weight is 555 g/mol. The fourth-order valence-corrected chi connectivity index (χ4v) is 4.65. The largest absolute Gasteiger partial charge is 0.511 e. The number of phenolic OH excluding ortho intramolecular Hbond substituents is 3. The summed E-state index contributed by atoms with van der Waals surface area (Å²) in [7, 11) is 0. The van der Waals surface area contributed by atoms with Crippen LogP contribution in [-0.4, -0.2) is 42.9 Å². The van der Waals surface area contributed by atoms with Crippen molar-refractivity contribution < 1.29 is 39.9 Å². The van der Waals surface area contributed by atoms with Crippen molar-refractivity contribution >= 4 is 17.3 Å². The van der Waals surface area contributed by atoms with E-state index in [0.29, 0.717) is 6.42 Å². The number of aliphatic hydroxyl groups excluding tert-OH is 2. The van der Waals surface area contributed by atoms with Crippen molar-refractivity contribution in [2.75, 3.05) is 0 Å². The van der Waals surface area contributed by atoms with E-state index in [-0.39, 0.29) is 41.5 Å². The number of carbonyl (C=O) groups excluding carboxylic acids is 3. The molecule has 0 amide bonds. The number of Topliss-reactive ketones (excluding diaryl/α,β-unsaturated/α-hetero) is 3. The van der Waals surface area contributed by atoms with Gasteiger partial charge >= 0.3 is 0 Å². The summed E-state index contributed by atoms with van der Waals surface area (Å²) in [5.41, 5.74) is -1.14. The van der Waals surface area contributed by atoms with Crippen LogP contribution in [0.2, 0.25) is 0 Å². The Kier molecular flexibility index (Phi) is 10.2. The highest BCUT2D eigenvalue weighted by atomic mass is 16.3. The number of allylic oxidation sites excluding steroid dienone is 7. The first-order valence-corrected chi connectivity index (χ1v) is 13.5. The first kappa shape index (κ1) is 32.4. The molecule has 5 N–H and O–H groups in total. The Morgan fingerprint density at radius 3 is 1.93 bits per heavy atom. The minimum atomic E-state index is -1.60. The summed E-state index contributed by atoms with van der Waals surface area (Å²) in [5, 5.41) is 56.0. The van der Waals surface area contributed by atoms with Gasteiger partial charge in [-0.2, -0.15) is 0 Å². The Morgan fingerprint density at radius 2 is 1.43 bits per heavy atom. The maximum atomic E-state index is 13.6. The molecule has 218 valence electrons. The van der Waals surface area contributed by atoms with Crippen LogP contribution in [0.15, 0.2) is 46.0 Å². The topological polar surface area (TPSA) is 152 Å². The molecule has 2 rings (SSSR count). The molecule has 1 unspecified atom stereocenters. The van der Waals surface area contributed by atoms with Crippen molar-refractivity contribution in [2.45, 2.75) is 87.5 Å². The molecule has 0 fully saturated rings. The minimum Gasteiger partial charge on any atom is -0.511 e. The quantitative estimate of drug-likeness (QED) is 0.116. The van der Waals surface area contributed by atoms with Gasteiger partial charge in [0.2, 0.25) is 0 Å². The van der Waals surface area contributed by atoms with Crippen LogP contribution in [0.3, 0.4) is 0 Å². The van der Waals surface area contributed by atoms with Gasteiger partial charge < -0.3 is 25.5 Å². The Bertz CT molecular complexity index is 1350. The second-order valence-corrected chi connectivity index (χ2v) is 11.4. The van der Waals surface area contributed by atoms with Crippen molar-refractivity contribution in [3.05, 3.63) is 62.7 Å². The number of carbonyl (C=O) groups is 3. The average Bonchev–Trinajstić information content (AvgIpc) is 2.85. The number of aromatic hydroxyl groups is 3. The third-order valence-corrected chi connectivity index (χ3v) is 7.19. The molecule has 0 saturated carbocycles. The van der Waals surface area contributed by atoms with E-state index in [4.69, 9.17) is 0 Å². The monoisotopic (exact) mass is 554 g/mol. The molecule has 1 atom stereocenters. The van der Waals surface area contributed by atoms with E-state index in [2.05, 4.69) is 0 Å². The maximum Gasteiger partial charge on any atom is 0.183 e. The van der Waals surface area contributed by atoms with Gasteiger partial charge in [-0.1, -0.05) is 44.1 Å². The van der Waals surface area contributed by atoms with Gasteiger partial charge in [-0.05, 0) is 53.9 Å². The third kappa shape index (κ3) is 6.16. The van der Waals surface area contributed by atoms with Crippen LogP contribution in [0.4, 0.5) is 0 Å². The molecule has 0 aliphatic heterocycles. The van der Waals surface area contributed by atoms with Crippen LogP contribution in [0, 0.1) is 11.3 Å². The second kappa shape index (κ2) is 12.6. The van der Waals surface area contributed by atoms with E-state index >= 15 is 0 Å². The summed E-state index contributed by atoms with van der Waals surface area (Å²) in [6, 6.07) is 0. The number of aliphatic hydroxyl groups is 2. The molecule has 1 aliphatic rings. The zero-order valence-corrected chi connectivity index (χ0v) is 24.7. The lowest BCUT2D eigenvalue weighted by atomic mass is 9.69. The number of rotatable bonds is 11. The minimum absolute atomic E-state index is 0.00492. The lowest BCUT2D eigenvalue weighted by molar-refractivity contribution is -0.128. The van der Waals surface area contributed by atoms with Crippen LogP contribution in [-0.2, 0) is 22.4 Å². The Morgan fingerprint density at radius 1 is 0.875 bits per heavy atom. The molecule has 0 spiro atoms. The van der Waals surface area contributed by atoms with Crippen LogP contribution >= 0.6 is 0 Å². The summed E-state index contributed by atoms with van der Waals surface area (Å²) >= 11 is 0. The van der Waals surface area contributed by atoms with Gasteiger partial charge in [0, 0.05) is 35.5 Å². The van der Waals surface area contributed by atoms with Crippen LogP contribution in [0.25, 0.3) is 0 Å². The summed E-state index contributed by atoms with van der Waals surface area (Å²) < 4.78 is 0. The molecule has 0 heterocycles. The smallest absolute Gasteiger partial charge is 0.183 e.